The monoisotopic (exact) mass is 405 g/mol. The third-order valence-electron chi connectivity index (χ3n) is 4.15. The molecule has 2 aliphatic rings. The van der Waals surface area contributed by atoms with Gasteiger partial charge in [-0.2, -0.15) is 4.99 Å². The van der Waals surface area contributed by atoms with Crippen LogP contribution in [0.25, 0.3) is 0 Å². The maximum absolute atomic E-state index is 12.4. The molecule has 1 aromatic rings. The van der Waals surface area contributed by atoms with E-state index in [1.807, 2.05) is 0 Å². The number of benzene rings is 1. The summed E-state index contributed by atoms with van der Waals surface area (Å²) in [5.41, 5.74) is 0.426. The standard InChI is InChI=1S/C17H15N3O7S/c21-10-3-1-8(2-4-10)5-11(22)19-12-14(23)20-13(16(24)25)9(6-18-17(26)27)7-28-15(12)20/h1-4,6,12,15,21H,5,7H2,(H,19,22)(H,24,25)(H,26,27)/t12-,15+/m1/s1. The Labute approximate surface area is 162 Å². The number of carbonyl (C=O) groups is 4. The minimum absolute atomic E-state index is 0.000404. The first-order chi connectivity index (χ1) is 13.3. The second kappa shape index (κ2) is 7.72. The minimum atomic E-state index is -1.47. The Kier molecular flexibility index (Phi) is 5.36. The number of rotatable bonds is 5. The van der Waals surface area contributed by atoms with E-state index >= 15 is 0 Å². The average Bonchev–Trinajstić information content (AvgIpc) is 2.65. The third-order valence-corrected chi connectivity index (χ3v) is 5.45. The normalized spacial score (nSPS) is 21.3. The van der Waals surface area contributed by atoms with E-state index in [4.69, 9.17) is 5.11 Å². The van der Waals surface area contributed by atoms with Crippen molar-refractivity contribution in [3.8, 4) is 5.75 Å². The summed E-state index contributed by atoms with van der Waals surface area (Å²) < 4.78 is 0. The van der Waals surface area contributed by atoms with Crippen LogP contribution < -0.4 is 5.32 Å². The molecule has 0 aromatic heterocycles. The third kappa shape index (κ3) is 3.83. The number of hydrogen-bond acceptors (Lipinski definition) is 6. The Morgan fingerprint density at radius 3 is 2.54 bits per heavy atom. The predicted molar refractivity (Wildman–Crippen MR) is 98.0 cm³/mol. The molecule has 0 spiro atoms. The number of fused-ring (bicyclic) bond motifs is 1. The molecular formula is C17H15N3O7S. The number of hydrogen-bond donors (Lipinski definition) is 4. The van der Waals surface area contributed by atoms with Crippen molar-refractivity contribution >= 4 is 41.9 Å². The van der Waals surface area contributed by atoms with Crippen molar-refractivity contribution in [2.75, 3.05) is 5.75 Å². The van der Waals surface area contributed by atoms with Crippen LogP contribution in [0.4, 0.5) is 4.79 Å². The summed E-state index contributed by atoms with van der Waals surface area (Å²) in [7, 11) is 0. The lowest BCUT2D eigenvalue weighted by Gasteiger charge is -2.49. The van der Waals surface area contributed by atoms with E-state index < -0.39 is 35.3 Å². The molecule has 3 amide bonds. The first-order valence-electron chi connectivity index (χ1n) is 8.03. The maximum Gasteiger partial charge on any atom is 0.431 e. The quantitative estimate of drug-likeness (QED) is 0.406. The number of aliphatic imine (C=N–C) groups is 1. The number of carboxylic acids is 1. The molecule has 1 fully saturated rings. The molecule has 28 heavy (non-hydrogen) atoms. The topological polar surface area (TPSA) is 157 Å². The lowest BCUT2D eigenvalue weighted by molar-refractivity contribution is -0.150. The number of phenols is 1. The van der Waals surface area contributed by atoms with Gasteiger partial charge in [0.05, 0.1) is 6.42 Å². The van der Waals surface area contributed by atoms with Crippen LogP contribution in [0, 0.1) is 0 Å². The SMILES string of the molecule is O=C(O)N=CC1=C(C(=O)O)N2C(=O)[C@@H](NC(=O)Cc3ccc(O)cc3)[C@@H]2SC1. The van der Waals surface area contributed by atoms with Crippen LogP contribution in [0.15, 0.2) is 40.5 Å². The van der Waals surface area contributed by atoms with Gasteiger partial charge in [0.1, 0.15) is 22.9 Å². The summed E-state index contributed by atoms with van der Waals surface area (Å²) in [5.74, 6) is -2.17. The first-order valence-corrected chi connectivity index (χ1v) is 9.08. The molecule has 2 heterocycles. The Morgan fingerprint density at radius 1 is 1.25 bits per heavy atom. The molecule has 11 heteroatoms. The summed E-state index contributed by atoms with van der Waals surface area (Å²) in [5, 5.41) is 29.3. The Hall–Kier alpha value is -3.34. The molecule has 10 nitrogen and oxygen atoms in total. The van der Waals surface area contributed by atoms with Crippen LogP contribution in [0.2, 0.25) is 0 Å². The number of phenolic OH excluding ortho intramolecular Hbond substituents is 1. The van der Waals surface area contributed by atoms with Crippen LogP contribution >= 0.6 is 11.8 Å². The number of aromatic hydroxyl groups is 1. The largest absolute Gasteiger partial charge is 0.508 e. The number of carboxylic acid groups (broad SMARTS) is 2. The van der Waals surface area contributed by atoms with Gasteiger partial charge in [0.25, 0.3) is 5.91 Å². The van der Waals surface area contributed by atoms with Crippen molar-refractivity contribution in [1.82, 2.24) is 10.2 Å². The van der Waals surface area contributed by atoms with Gasteiger partial charge in [0.2, 0.25) is 5.91 Å². The highest BCUT2D eigenvalue weighted by molar-refractivity contribution is 8.00. The molecule has 146 valence electrons. The fourth-order valence-corrected chi connectivity index (χ4v) is 4.20. The van der Waals surface area contributed by atoms with Crippen molar-refractivity contribution in [2.24, 2.45) is 4.99 Å². The van der Waals surface area contributed by atoms with Gasteiger partial charge in [0.15, 0.2) is 0 Å². The van der Waals surface area contributed by atoms with Crippen molar-refractivity contribution in [2.45, 2.75) is 17.8 Å². The first kappa shape index (κ1) is 19.4. The van der Waals surface area contributed by atoms with Gasteiger partial charge in [-0.1, -0.05) is 12.1 Å². The zero-order valence-electron chi connectivity index (χ0n) is 14.2. The molecule has 2 atom stereocenters. The maximum atomic E-state index is 12.4. The molecule has 3 rings (SSSR count). The van der Waals surface area contributed by atoms with Crippen molar-refractivity contribution in [3.63, 3.8) is 0 Å². The lowest BCUT2D eigenvalue weighted by atomic mass is 10.0. The van der Waals surface area contributed by atoms with Gasteiger partial charge in [-0.3, -0.25) is 14.5 Å². The van der Waals surface area contributed by atoms with Crippen LogP contribution in [0.1, 0.15) is 5.56 Å². The van der Waals surface area contributed by atoms with Crippen LogP contribution in [-0.4, -0.2) is 67.5 Å². The Balaban J connectivity index is 1.71. The van der Waals surface area contributed by atoms with Crippen LogP contribution in [-0.2, 0) is 20.8 Å². The summed E-state index contributed by atoms with van der Waals surface area (Å²) in [6.07, 6.45) is -0.558. The number of aliphatic carboxylic acids is 1. The Morgan fingerprint density at radius 2 is 1.93 bits per heavy atom. The lowest BCUT2D eigenvalue weighted by Crippen LogP contribution is -2.70. The predicted octanol–water partition coefficient (Wildman–Crippen LogP) is 0.422. The zero-order chi connectivity index (χ0) is 20.4. The van der Waals surface area contributed by atoms with Gasteiger partial charge in [-0.25, -0.2) is 9.59 Å². The van der Waals surface area contributed by atoms with E-state index in [1.165, 1.54) is 23.9 Å². The molecule has 0 bridgehead atoms. The smallest absolute Gasteiger partial charge is 0.431 e. The second-order valence-electron chi connectivity index (χ2n) is 6.02. The van der Waals surface area contributed by atoms with Gasteiger partial charge in [0, 0.05) is 17.5 Å². The molecular weight excluding hydrogens is 390 g/mol. The van der Waals surface area contributed by atoms with Gasteiger partial charge in [-0.05, 0) is 17.7 Å². The van der Waals surface area contributed by atoms with E-state index in [9.17, 15) is 29.4 Å². The van der Waals surface area contributed by atoms with Gasteiger partial charge in [-0.15, -0.1) is 11.8 Å². The molecule has 0 radical (unpaired) electrons. The molecule has 0 aliphatic carbocycles. The van der Waals surface area contributed by atoms with Crippen LogP contribution in [0.3, 0.4) is 0 Å². The van der Waals surface area contributed by atoms with Gasteiger partial charge < -0.3 is 20.6 Å². The Bertz CT molecular complexity index is 910. The van der Waals surface area contributed by atoms with E-state index in [1.54, 1.807) is 12.1 Å². The zero-order valence-corrected chi connectivity index (χ0v) is 15.0. The summed E-state index contributed by atoms with van der Waals surface area (Å²) in [6, 6.07) is 5.18. The number of nitrogens with one attached hydrogen (secondary N) is 1. The highest BCUT2D eigenvalue weighted by atomic mass is 32.2. The van der Waals surface area contributed by atoms with E-state index in [-0.39, 0.29) is 29.2 Å². The fourth-order valence-electron chi connectivity index (χ4n) is 2.90. The van der Waals surface area contributed by atoms with Crippen molar-refractivity contribution in [3.05, 3.63) is 41.1 Å². The molecule has 4 N–H and O–H groups in total. The highest BCUT2D eigenvalue weighted by Gasteiger charge is 2.54. The number of amides is 3. The average molecular weight is 405 g/mol. The van der Waals surface area contributed by atoms with E-state index in [2.05, 4.69) is 10.3 Å². The molecule has 1 saturated heterocycles. The molecule has 0 saturated carbocycles. The summed E-state index contributed by atoms with van der Waals surface area (Å²) >= 11 is 1.21. The number of thioether (sulfide) groups is 1. The highest BCUT2D eigenvalue weighted by Crippen LogP contribution is 2.39. The fraction of sp³-hybridized carbons (Fsp3) is 0.235. The second-order valence-corrected chi connectivity index (χ2v) is 7.12. The molecule has 2 aliphatic heterocycles. The van der Waals surface area contributed by atoms with Crippen LogP contribution in [0.5, 0.6) is 5.75 Å². The summed E-state index contributed by atoms with van der Waals surface area (Å²) in [4.78, 5) is 51.0. The number of β-lactam (4-membered cyclic amide) rings is 1. The van der Waals surface area contributed by atoms with Gasteiger partial charge >= 0.3 is 12.1 Å². The molecule has 0 unspecified atom stereocenters. The van der Waals surface area contributed by atoms with Crippen molar-refractivity contribution < 1.29 is 34.5 Å². The molecule has 1 aromatic carbocycles. The van der Waals surface area contributed by atoms with E-state index in [0.29, 0.717) is 5.56 Å². The van der Waals surface area contributed by atoms with Crippen molar-refractivity contribution in [1.29, 1.82) is 0 Å². The number of carbonyl (C=O) groups excluding carboxylic acids is 2. The minimum Gasteiger partial charge on any atom is -0.508 e. The summed E-state index contributed by atoms with van der Waals surface area (Å²) in [6.45, 7) is 0. The number of nitrogens with zero attached hydrogens (tertiary/aromatic N) is 2. The van der Waals surface area contributed by atoms with E-state index in [0.717, 1.165) is 11.1 Å².